The molecule has 0 bridgehead atoms. The molecule has 1 atom stereocenters. The average Bonchev–Trinajstić information content (AvgIpc) is 3.16. The fraction of sp³-hybridized carbons (Fsp3) is 0.208. The number of hydrogen-bond donors (Lipinski definition) is 1. The van der Waals surface area contributed by atoms with Crippen molar-refractivity contribution >= 4 is 39.3 Å². The zero-order valence-electron chi connectivity index (χ0n) is 16.8. The molecule has 0 aliphatic rings. The van der Waals surface area contributed by atoms with Gasteiger partial charge in [0.1, 0.15) is 20.9 Å². The minimum absolute atomic E-state index is 0.540. The monoisotopic (exact) mass is 434 g/mol. The minimum Gasteiger partial charge on any atom is -0.480 e. The van der Waals surface area contributed by atoms with E-state index >= 15 is 0 Å². The Morgan fingerprint density at radius 1 is 1.07 bits per heavy atom. The quantitative estimate of drug-likeness (QED) is 0.279. The lowest BCUT2D eigenvalue weighted by Crippen LogP contribution is -2.17. The number of carbonyl (C=O) groups is 1. The molecule has 2 aromatic carbocycles. The van der Waals surface area contributed by atoms with Gasteiger partial charge in [-0.25, -0.2) is 9.97 Å². The largest absolute Gasteiger partial charge is 0.480 e. The van der Waals surface area contributed by atoms with Crippen LogP contribution in [0.1, 0.15) is 23.4 Å². The first-order valence-electron chi connectivity index (χ1n) is 9.77. The summed E-state index contributed by atoms with van der Waals surface area (Å²) in [7, 11) is 0. The van der Waals surface area contributed by atoms with E-state index in [0.29, 0.717) is 18.7 Å². The van der Waals surface area contributed by atoms with Crippen molar-refractivity contribution in [1.29, 1.82) is 0 Å². The topological polar surface area (TPSA) is 63.1 Å². The molecule has 6 heteroatoms. The number of carboxylic acids is 1. The molecule has 0 radical (unpaired) electrons. The fourth-order valence-electron chi connectivity index (χ4n) is 3.35. The first-order chi connectivity index (χ1) is 14.5. The molecule has 1 N–H and O–H groups in total. The van der Waals surface area contributed by atoms with Crippen LogP contribution < -0.4 is 0 Å². The molecule has 1 unspecified atom stereocenters. The summed E-state index contributed by atoms with van der Waals surface area (Å²) in [5.74, 6) is -0.151. The Kier molecular flexibility index (Phi) is 6.16. The molecule has 0 saturated carbocycles. The maximum Gasteiger partial charge on any atom is 0.317 e. The van der Waals surface area contributed by atoms with Gasteiger partial charge in [0.05, 0.1) is 5.39 Å². The van der Waals surface area contributed by atoms with E-state index in [-0.39, 0.29) is 0 Å². The zero-order valence-corrected chi connectivity index (χ0v) is 18.5. The van der Waals surface area contributed by atoms with Gasteiger partial charge in [-0.3, -0.25) is 4.79 Å². The number of aryl methyl sites for hydroxylation is 3. The van der Waals surface area contributed by atoms with Crippen LogP contribution in [0.5, 0.6) is 0 Å². The SMILES string of the molecule is Cc1ccc(CCC(Sc2nc(C)nc3scc(-c4ccccc4)c23)C(=O)O)cc1. The van der Waals surface area contributed by atoms with Crippen molar-refractivity contribution in [1.82, 2.24) is 9.97 Å². The highest BCUT2D eigenvalue weighted by Crippen LogP contribution is 2.40. The van der Waals surface area contributed by atoms with Crippen molar-refractivity contribution < 1.29 is 9.90 Å². The summed E-state index contributed by atoms with van der Waals surface area (Å²) < 4.78 is 0. The van der Waals surface area contributed by atoms with Gasteiger partial charge in [0, 0.05) is 10.9 Å². The summed E-state index contributed by atoms with van der Waals surface area (Å²) in [6.45, 7) is 3.90. The number of benzene rings is 2. The van der Waals surface area contributed by atoms with Gasteiger partial charge in [0.15, 0.2) is 0 Å². The Labute approximate surface area is 184 Å². The maximum absolute atomic E-state index is 12.0. The second kappa shape index (κ2) is 8.98. The molecule has 0 amide bonds. The standard InChI is InChI=1S/C24H22N2O2S2/c1-15-8-10-17(11-9-15)12-13-20(24(27)28)30-23-21-19(18-6-4-3-5-7-18)14-29-22(21)25-16(2)26-23/h3-11,14,20H,12-13H2,1-2H3,(H,27,28). The highest BCUT2D eigenvalue weighted by Gasteiger charge is 2.23. The molecule has 2 heterocycles. The molecule has 2 aromatic heterocycles. The normalized spacial score (nSPS) is 12.2. The Bertz CT molecular complexity index is 1170. The number of thiophene rings is 1. The second-order valence-electron chi connectivity index (χ2n) is 7.24. The summed E-state index contributed by atoms with van der Waals surface area (Å²) in [6.07, 6.45) is 1.26. The number of fused-ring (bicyclic) bond motifs is 1. The number of hydrogen-bond acceptors (Lipinski definition) is 5. The molecular weight excluding hydrogens is 412 g/mol. The van der Waals surface area contributed by atoms with E-state index in [0.717, 1.165) is 31.9 Å². The first kappa shape index (κ1) is 20.6. The molecule has 4 aromatic rings. The third-order valence-electron chi connectivity index (χ3n) is 4.94. The summed E-state index contributed by atoms with van der Waals surface area (Å²) in [5, 5.41) is 13.1. The second-order valence-corrected chi connectivity index (χ2v) is 9.29. The average molecular weight is 435 g/mol. The van der Waals surface area contributed by atoms with E-state index in [1.165, 1.54) is 17.3 Å². The van der Waals surface area contributed by atoms with Crippen LogP contribution in [-0.2, 0) is 11.2 Å². The third kappa shape index (κ3) is 4.55. The number of aliphatic carboxylic acids is 1. The van der Waals surface area contributed by atoms with Crippen molar-refractivity contribution in [2.75, 3.05) is 0 Å². The van der Waals surface area contributed by atoms with Gasteiger partial charge >= 0.3 is 5.97 Å². The van der Waals surface area contributed by atoms with Gasteiger partial charge < -0.3 is 5.11 Å². The van der Waals surface area contributed by atoms with E-state index in [9.17, 15) is 9.90 Å². The van der Waals surface area contributed by atoms with Gasteiger partial charge in [-0.15, -0.1) is 11.3 Å². The van der Waals surface area contributed by atoms with Gasteiger partial charge in [-0.05, 0) is 37.8 Å². The molecule has 30 heavy (non-hydrogen) atoms. The molecule has 0 aliphatic carbocycles. The first-order valence-corrected chi connectivity index (χ1v) is 11.5. The van der Waals surface area contributed by atoms with Crippen LogP contribution in [0.25, 0.3) is 21.3 Å². The van der Waals surface area contributed by atoms with Crippen molar-refractivity contribution in [3.63, 3.8) is 0 Å². The maximum atomic E-state index is 12.0. The lowest BCUT2D eigenvalue weighted by Gasteiger charge is -2.13. The van der Waals surface area contributed by atoms with Crippen LogP contribution in [-0.4, -0.2) is 26.3 Å². The van der Waals surface area contributed by atoms with Gasteiger partial charge in [-0.1, -0.05) is 71.9 Å². The highest BCUT2D eigenvalue weighted by molar-refractivity contribution is 8.00. The number of nitrogens with zero attached hydrogens (tertiary/aromatic N) is 2. The van der Waals surface area contributed by atoms with Crippen LogP contribution in [0.4, 0.5) is 0 Å². The van der Waals surface area contributed by atoms with Crippen molar-refractivity contribution in [2.45, 2.75) is 37.0 Å². The number of carboxylic acid groups (broad SMARTS) is 1. The van der Waals surface area contributed by atoms with Crippen molar-refractivity contribution in [2.24, 2.45) is 0 Å². The van der Waals surface area contributed by atoms with Gasteiger partial charge in [-0.2, -0.15) is 0 Å². The number of rotatable bonds is 7. The molecule has 0 spiro atoms. The van der Waals surface area contributed by atoms with E-state index in [1.807, 2.05) is 32.0 Å². The molecular formula is C24H22N2O2S2. The van der Waals surface area contributed by atoms with Crippen LogP contribution in [0, 0.1) is 13.8 Å². The third-order valence-corrected chi connectivity index (χ3v) is 7.05. The summed E-state index contributed by atoms with van der Waals surface area (Å²) in [4.78, 5) is 22.2. The molecule has 4 rings (SSSR count). The Morgan fingerprint density at radius 2 is 1.80 bits per heavy atom. The Morgan fingerprint density at radius 3 is 2.50 bits per heavy atom. The lowest BCUT2D eigenvalue weighted by atomic mass is 10.1. The van der Waals surface area contributed by atoms with Crippen LogP contribution in [0.2, 0.25) is 0 Å². The van der Waals surface area contributed by atoms with E-state index in [4.69, 9.17) is 0 Å². The number of thioether (sulfide) groups is 1. The summed E-state index contributed by atoms with van der Waals surface area (Å²) >= 11 is 2.90. The van der Waals surface area contributed by atoms with E-state index in [2.05, 4.69) is 51.7 Å². The van der Waals surface area contributed by atoms with E-state index < -0.39 is 11.2 Å². The van der Waals surface area contributed by atoms with Gasteiger partial charge in [0.25, 0.3) is 0 Å². The molecule has 4 nitrogen and oxygen atoms in total. The highest BCUT2D eigenvalue weighted by atomic mass is 32.2. The predicted octanol–water partition coefficient (Wildman–Crippen LogP) is 6.15. The summed E-state index contributed by atoms with van der Waals surface area (Å²) in [6, 6.07) is 18.4. The molecule has 0 aliphatic heterocycles. The zero-order chi connectivity index (χ0) is 21.1. The van der Waals surface area contributed by atoms with E-state index in [1.54, 1.807) is 11.3 Å². The minimum atomic E-state index is -0.812. The van der Waals surface area contributed by atoms with Gasteiger partial charge in [0.2, 0.25) is 0 Å². The van der Waals surface area contributed by atoms with Crippen molar-refractivity contribution in [3.05, 3.63) is 76.9 Å². The Balaban J connectivity index is 1.65. The molecule has 0 saturated heterocycles. The van der Waals surface area contributed by atoms with Crippen molar-refractivity contribution in [3.8, 4) is 11.1 Å². The number of aromatic nitrogens is 2. The van der Waals surface area contributed by atoms with Crippen LogP contribution in [0.3, 0.4) is 0 Å². The Hall–Kier alpha value is -2.70. The smallest absolute Gasteiger partial charge is 0.317 e. The molecule has 0 fully saturated rings. The lowest BCUT2D eigenvalue weighted by molar-refractivity contribution is -0.136. The fourth-order valence-corrected chi connectivity index (χ4v) is 5.52. The molecule has 152 valence electrons. The predicted molar refractivity (Wildman–Crippen MR) is 124 cm³/mol. The van der Waals surface area contributed by atoms with Crippen LogP contribution >= 0.6 is 23.1 Å². The van der Waals surface area contributed by atoms with Crippen LogP contribution in [0.15, 0.2) is 65.0 Å². The summed E-state index contributed by atoms with van der Waals surface area (Å²) in [5.41, 5.74) is 4.50.